The number of anilines is 2. The molecule has 4 rings (SSSR count). The molecule has 0 radical (unpaired) electrons. The van der Waals surface area contributed by atoms with Crippen molar-refractivity contribution >= 4 is 29.0 Å². The summed E-state index contributed by atoms with van der Waals surface area (Å²) in [5, 5.41) is 0.680. The predicted molar refractivity (Wildman–Crippen MR) is 108 cm³/mol. The van der Waals surface area contributed by atoms with Crippen LogP contribution in [0.15, 0.2) is 29.1 Å². The molecule has 1 amide bonds. The summed E-state index contributed by atoms with van der Waals surface area (Å²) >= 11 is 6.31. The Labute approximate surface area is 168 Å². The maximum atomic E-state index is 13.1. The van der Waals surface area contributed by atoms with Gasteiger partial charge in [-0.05, 0) is 31.0 Å². The zero-order chi connectivity index (χ0) is 19.8. The van der Waals surface area contributed by atoms with Crippen molar-refractivity contribution < 1.29 is 9.53 Å². The van der Waals surface area contributed by atoms with E-state index in [4.69, 9.17) is 16.3 Å². The van der Waals surface area contributed by atoms with Gasteiger partial charge in [0, 0.05) is 43.0 Å². The van der Waals surface area contributed by atoms with Crippen molar-refractivity contribution in [2.24, 2.45) is 7.05 Å². The quantitative estimate of drug-likeness (QED) is 0.783. The Morgan fingerprint density at radius 2 is 2.07 bits per heavy atom. The molecule has 0 spiro atoms. The van der Waals surface area contributed by atoms with Crippen molar-refractivity contribution in [3.05, 3.63) is 51.0 Å². The van der Waals surface area contributed by atoms with Crippen LogP contribution in [0.25, 0.3) is 0 Å². The predicted octanol–water partition coefficient (Wildman–Crippen LogP) is 1.79. The monoisotopic (exact) mass is 402 g/mol. The minimum atomic E-state index is -0.169. The first-order chi connectivity index (χ1) is 13.5. The fraction of sp³-hybridized carbons (Fsp3) is 0.450. The molecule has 7 nitrogen and oxygen atoms in total. The highest BCUT2D eigenvalue weighted by atomic mass is 35.5. The number of hydrogen-bond acceptors (Lipinski definition) is 5. The standard InChI is InChI=1S/C20H23ClN4O3/c1-13-10-14-15(21)4-3-5-16(14)25(13)20(27)11-17-22-18(12-19(26)23(17)2)24-6-8-28-9-7-24/h3-5,12-13H,6-11H2,1-2H3/t13-/m0/s1. The highest BCUT2D eigenvalue weighted by Gasteiger charge is 2.32. The summed E-state index contributed by atoms with van der Waals surface area (Å²) in [6.45, 7) is 4.58. The molecule has 0 aliphatic carbocycles. The molecule has 1 aromatic carbocycles. The van der Waals surface area contributed by atoms with E-state index in [0.29, 0.717) is 43.0 Å². The van der Waals surface area contributed by atoms with Crippen LogP contribution in [0.5, 0.6) is 0 Å². The summed E-state index contributed by atoms with van der Waals surface area (Å²) in [6, 6.07) is 7.15. The van der Waals surface area contributed by atoms with Crippen molar-refractivity contribution in [2.75, 3.05) is 36.1 Å². The average Bonchev–Trinajstić information content (AvgIpc) is 3.03. The van der Waals surface area contributed by atoms with Gasteiger partial charge >= 0.3 is 0 Å². The van der Waals surface area contributed by atoms with Crippen LogP contribution >= 0.6 is 11.6 Å². The molecule has 0 unspecified atom stereocenters. The zero-order valence-corrected chi connectivity index (χ0v) is 16.8. The number of morpholine rings is 1. The largest absolute Gasteiger partial charge is 0.378 e. The van der Waals surface area contributed by atoms with Crippen LogP contribution in [0.4, 0.5) is 11.5 Å². The Kier molecular flexibility index (Phi) is 5.12. The van der Waals surface area contributed by atoms with Crippen LogP contribution < -0.4 is 15.4 Å². The van der Waals surface area contributed by atoms with Gasteiger partial charge in [0.25, 0.3) is 5.56 Å². The molecule has 1 aromatic heterocycles. The number of halogens is 1. The lowest BCUT2D eigenvalue weighted by molar-refractivity contribution is -0.118. The van der Waals surface area contributed by atoms with E-state index in [1.54, 1.807) is 11.9 Å². The molecule has 0 saturated carbocycles. The molecule has 1 atom stereocenters. The first-order valence-corrected chi connectivity index (χ1v) is 9.82. The number of fused-ring (bicyclic) bond motifs is 1. The van der Waals surface area contributed by atoms with Crippen molar-refractivity contribution in [3.8, 4) is 0 Å². The third-order valence-corrected chi connectivity index (χ3v) is 5.78. The summed E-state index contributed by atoms with van der Waals surface area (Å²) in [4.78, 5) is 34.0. The summed E-state index contributed by atoms with van der Waals surface area (Å²) in [5.41, 5.74) is 1.67. The first kappa shape index (κ1) is 19.0. The van der Waals surface area contributed by atoms with Gasteiger partial charge in [-0.25, -0.2) is 4.98 Å². The van der Waals surface area contributed by atoms with Crippen LogP contribution in [0.2, 0.25) is 5.02 Å². The lowest BCUT2D eigenvalue weighted by Crippen LogP contribution is -2.40. The lowest BCUT2D eigenvalue weighted by Gasteiger charge is -2.28. The van der Waals surface area contributed by atoms with E-state index in [2.05, 4.69) is 4.98 Å². The number of carbonyl (C=O) groups excluding carboxylic acids is 1. The van der Waals surface area contributed by atoms with E-state index in [1.165, 1.54) is 10.6 Å². The molecule has 0 N–H and O–H groups in total. The van der Waals surface area contributed by atoms with Crippen LogP contribution in [0.1, 0.15) is 18.3 Å². The van der Waals surface area contributed by atoms with Crippen LogP contribution in [0, 0.1) is 0 Å². The SMILES string of the molecule is C[C@H]1Cc2c(Cl)cccc2N1C(=O)Cc1nc(N2CCOCC2)cc(=O)n1C. The molecule has 2 aromatic rings. The van der Waals surface area contributed by atoms with E-state index in [1.807, 2.05) is 30.0 Å². The second-order valence-corrected chi connectivity index (χ2v) is 7.67. The Morgan fingerprint density at radius 1 is 1.32 bits per heavy atom. The highest BCUT2D eigenvalue weighted by molar-refractivity contribution is 6.32. The number of aromatic nitrogens is 2. The number of benzene rings is 1. The van der Waals surface area contributed by atoms with Crippen molar-refractivity contribution in [2.45, 2.75) is 25.8 Å². The average molecular weight is 403 g/mol. The van der Waals surface area contributed by atoms with Crippen molar-refractivity contribution in [1.82, 2.24) is 9.55 Å². The topological polar surface area (TPSA) is 67.7 Å². The van der Waals surface area contributed by atoms with Gasteiger partial charge in [0.2, 0.25) is 5.91 Å². The van der Waals surface area contributed by atoms with Crippen LogP contribution in [-0.2, 0) is 29.4 Å². The van der Waals surface area contributed by atoms with Crippen LogP contribution in [-0.4, -0.2) is 47.8 Å². The summed E-state index contributed by atoms with van der Waals surface area (Å²) in [7, 11) is 1.65. The normalized spacial score (nSPS) is 19.0. The van der Waals surface area contributed by atoms with E-state index in [0.717, 1.165) is 17.7 Å². The number of rotatable bonds is 3. The van der Waals surface area contributed by atoms with Crippen molar-refractivity contribution in [3.63, 3.8) is 0 Å². The smallest absolute Gasteiger partial charge is 0.255 e. The zero-order valence-electron chi connectivity index (χ0n) is 16.0. The molecule has 0 bridgehead atoms. The van der Waals surface area contributed by atoms with Gasteiger partial charge in [0.1, 0.15) is 11.6 Å². The van der Waals surface area contributed by atoms with Gasteiger partial charge in [-0.3, -0.25) is 14.2 Å². The van der Waals surface area contributed by atoms with E-state index < -0.39 is 0 Å². The fourth-order valence-corrected chi connectivity index (χ4v) is 4.13. The maximum Gasteiger partial charge on any atom is 0.255 e. The van der Waals surface area contributed by atoms with Gasteiger partial charge in [0.15, 0.2) is 0 Å². The Bertz CT molecular complexity index is 968. The number of nitrogens with zero attached hydrogens (tertiary/aromatic N) is 4. The highest BCUT2D eigenvalue weighted by Crippen LogP contribution is 2.36. The first-order valence-electron chi connectivity index (χ1n) is 9.45. The third-order valence-electron chi connectivity index (χ3n) is 5.42. The number of ether oxygens (including phenoxy) is 1. The number of amides is 1. The van der Waals surface area contributed by atoms with Gasteiger partial charge in [0.05, 0.1) is 19.6 Å². The summed E-state index contributed by atoms with van der Waals surface area (Å²) < 4.78 is 6.81. The Hall–Kier alpha value is -2.38. The Morgan fingerprint density at radius 3 is 2.82 bits per heavy atom. The number of carbonyl (C=O) groups is 1. The molecule has 1 fully saturated rings. The van der Waals surface area contributed by atoms with Gasteiger partial charge in [-0.15, -0.1) is 0 Å². The van der Waals surface area contributed by atoms with E-state index >= 15 is 0 Å². The fourth-order valence-electron chi connectivity index (χ4n) is 3.89. The molecule has 2 aliphatic heterocycles. The van der Waals surface area contributed by atoms with Crippen LogP contribution in [0.3, 0.4) is 0 Å². The maximum absolute atomic E-state index is 13.1. The molecule has 2 aliphatic rings. The molecule has 28 heavy (non-hydrogen) atoms. The molecule has 1 saturated heterocycles. The molecule has 148 valence electrons. The number of hydrogen-bond donors (Lipinski definition) is 0. The molecular weight excluding hydrogens is 380 g/mol. The van der Waals surface area contributed by atoms with E-state index in [-0.39, 0.29) is 23.9 Å². The molecular formula is C20H23ClN4O3. The van der Waals surface area contributed by atoms with Gasteiger partial charge in [-0.2, -0.15) is 0 Å². The molecule has 8 heteroatoms. The second kappa shape index (κ2) is 7.56. The Balaban J connectivity index is 1.62. The summed E-state index contributed by atoms with van der Waals surface area (Å²) in [6.07, 6.45) is 0.779. The van der Waals surface area contributed by atoms with Gasteiger partial charge < -0.3 is 14.5 Å². The van der Waals surface area contributed by atoms with E-state index in [9.17, 15) is 9.59 Å². The summed E-state index contributed by atoms with van der Waals surface area (Å²) in [5.74, 6) is 0.976. The van der Waals surface area contributed by atoms with Gasteiger partial charge in [-0.1, -0.05) is 17.7 Å². The minimum Gasteiger partial charge on any atom is -0.378 e. The molecule has 3 heterocycles. The van der Waals surface area contributed by atoms with Crippen molar-refractivity contribution in [1.29, 1.82) is 0 Å². The second-order valence-electron chi connectivity index (χ2n) is 7.26. The minimum absolute atomic E-state index is 0.0156. The third kappa shape index (κ3) is 3.40. The lowest BCUT2D eigenvalue weighted by atomic mass is 10.1.